The van der Waals surface area contributed by atoms with Gasteiger partial charge in [-0.3, -0.25) is 4.90 Å². The minimum atomic E-state index is 0.0311. The predicted molar refractivity (Wildman–Crippen MR) is 121 cm³/mol. The summed E-state index contributed by atoms with van der Waals surface area (Å²) < 4.78 is 23.2. The van der Waals surface area contributed by atoms with Crippen LogP contribution in [-0.4, -0.2) is 62.7 Å². The Bertz CT molecular complexity index is 783. The molecule has 0 amide bonds. The average molecular weight is 430 g/mol. The molecular weight excluding hydrogens is 394 g/mol. The molecule has 31 heavy (non-hydrogen) atoms. The lowest BCUT2D eigenvalue weighted by Gasteiger charge is -2.25. The van der Waals surface area contributed by atoms with Crippen molar-refractivity contribution in [2.45, 2.75) is 32.7 Å². The molecule has 6 heteroatoms. The summed E-state index contributed by atoms with van der Waals surface area (Å²) in [7, 11) is 0. The second kappa shape index (κ2) is 11.4. The summed E-state index contributed by atoms with van der Waals surface area (Å²) in [5, 5.41) is 10.4. The van der Waals surface area contributed by atoms with E-state index in [-0.39, 0.29) is 5.41 Å². The van der Waals surface area contributed by atoms with Gasteiger partial charge < -0.3 is 24.1 Å². The molecule has 2 aromatic carbocycles. The standard InChI is InChI=1S/C25H35NO5/c1-25(2,3)21-8-9-22(27)20(18-21)19-26-10-12-28-14-16-30-23-6-4-5-7-24(23)31-17-15-29-13-11-26/h4-9,18,27H,10-17,19H2,1-3H3. The summed E-state index contributed by atoms with van der Waals surface area (Å²) in [4.78, 5) is 2.25. The second-order valence-corrected chi connectivity index (χ2v) is 8.74. The Balaban J connectivity index is 1.61. The van der Waals surface area contributed by atoms with Gasteiger partial charge in [0.2, 0.25) is 0 Å². The number of hydrogen-bond donors (Lipinski definition) is 1. The van der Waals surface area contributed by atoms with Crippen molar-refractivity contribution in [1.82, 2.24) is 4.90 Å². The zero-order valence-electron chi connectivity index (χ0n) is 18.9. The maximum atomic E-state index is 10.4. The average Bonchev–Trinajstić information content (AvgIpc) is 2.74. The molecule has 0 fully saturated rings. The number of ether oxygens (including phenoxy) is 4. The first kappa shape index (κ1) is 23.4. The van der Waals surface area contributed by atoms with Crippen molar-refractivity contribution in [2.75, 3.05) is 52.7 Å². The molecule has 0 saturated heterocycles. The number of phenolic OH excluding ortho intramolecular Hbond substituents is 1. The largest absolute Gasteiger partial charge is 0.508 e. The van der Waals surface area contributed by atoms with Crippen molar-refractivity contribution >= 4 is 0 Å². The van der Waals surface area contributed by atoms with E-state index in [0.717, 1.165) is 30.2 Å². The zero-order valence-corrected chi connectivity index (χ0v) is 18.9. The Labute approximate surface area is 185 Å². The van der Waals surface area contributed by atoms with E-state index in [1.54, 1.807) is 6.07 Å². The van der Waals surface area contributed by atoms with Gasteiger partial charge in [0.05, 0.1) is 26.4 Å². The van der Waals surface area contributed by atoms with Crippen molar-refractivity contribution in [3.8, 4) is 17.2 Å². The molecule has 0 aromatic heterocycles. The summed E-state index contributed by atoms with van der Waals surface area (Å²) in [6.07, 6.45) is 0. The van der Waals surface area contributed by atoms with E-state index in [1.807, 2.05) is 30.3 Å². The third-order valence-corrected chi connectivity index (χ3v) is 5.26. The molecule has 0 aliphatic carbocycles. The molecule has 170 valence electrons. The lowest BCUT2D eigenvalue weighted by Crippen LogP contribution is -2.31. The van der Waals surface area contributed by atoms with Gasteiger partial charge in [0, 0.05) is 25.2 Å². The monoisotopic (exact) mass is 429 g/mol. The highest BCUT2D eigenvalue weighted by molar-refractivity contribution is 5.40. The van der Waals surface area contributed by atoms with Crippen LogP contribution in [0, 0.1) is 0 Å². The number of aromatic hydroxyl groups is 1. The van der Waals surface area contributed by atoms with E-state index in [0.29, 0.717) is 51.9 Å². The quantitative estimate of drug-likeness (QED) is 0.779. The van der Waals surface area contributed by atoms with Gasteiger partial charge in [-0.05, 0) is 29.2 Å². The molecule has 6 nitrogen and oxygen atoms in total. The number of benzene rings is 2. The first-order chi connectivity index (χ1) is 14.9. The highest BCUT2D eigenvalue weighted by Crippen LogP contribution is 2.28. The molecule has 0 saturated carbocycles. The van der Waals surface area contributed by atoms with Crippen LogP contribution in [0.1, 0.15) is 31.9 Å². The summed E-state index contributed by atoms with van der Waals surface area (Å²) in [5.41, 5.74) is 2.16. The van der Waals surface area contributed by atoms with Crippen molar-refractivity contribution in [3.63, 3.8) is 0 Å². The Kier molecular flexibility index (Phi) is 8.58. The van der Waals surface area contributed by atoms with Crippen LogP contribution in [0.25, 0.3) is 0 Å². The molecule has 1 heterocycles. The number of hydrogen-bond acceptors (Lipinski definition) is 6. The molecule has 0 unspecified atom stereocenters. The predicted octanol–water partition coefficient (Wildman–Crippen LogP) is 4.00. The van der Waals surface area contributed by atoms with Gasteiger partial charge in [-0.1, -0.05) is 45.0 Å². The SMILES string of the molecule is CC(C)(C)c1ccc(O)c(CN2CCOCCOc3ccccc3OCCOCC2)c1. The minimum absolute atomic E-state index is 0.0311. The van der Waals surface area contributed by atoms with E-state index < -0.39 is 0 Å². The maximum absolute atomic E-state index is 10.4. The van der Waals surface area contributed by atoms with Gasteiger partial charge >= 0.3 is 0 Å². The minimum Gasteiger partial charge on any atom is -0.508 e. The van der Waals surface area contributed by atoms with Crippen molar-refractivity contribution in [3.05, 3.63) is 53.6 Å². The normalized spacial score (nSPS) is 17.5. The number of phenols is 1. The van der Waals surface area contributed by atoms with E-state index in [9.17, 15) is 5.11 Å². The molecular formula is C25H35NO5. The highest BCUT2D eigenvalue weighted by atomic mass is 16.6. The summed E-state index contributed by atoms with van der Waals surface area (Å²) >= 11 is 0. The molecule has 1 N–H and O–H groups in total. The molecule has 0 radical (unpaired) electrons. The van der Waals surface area contributed by atoms with Crippen LogP contribution in [-0.2, 0) is 21.4 Å². The van der Waals surface area contributed by atoms with Gasteiger partial charge in [-0.2, -0.15) is 0 Å². The molecule has 0 spiro atoms. The number of rotatable bonds is 2. The molecule has 0 atom stereocenters. The first-order valence-corrected chi connectivity index (χ1v) is 11.0. The van der Waals surface area contributed by atoms with Crippen LogP contribution in [0.2, 0.25) is 0 Å². The van der Waals surface area contributed by atoms with Crippen molar-refractivity contribution in [1.29, 1.82) is 0 Å². The Hall–Kier alpha value is -2.28. The topological polar surface area (TPSA) is 60.4 Å². The molecule has 2 aromatic rings. The fourth-order valence-corrected chi connectivity index (χ4v) is 3.39. The van der Waals surface area contributed by atoms with E-state index >= 15 is 0 Å². The second-order valence-electron chi connectivity index (χ2n) is 8.74. The van der Waals surface area contributed by atoms with Crippen LogP contribution in [0.4, 0.5) is 0 Å². The lowest BCUT2D eigenvalue weighted by molar-refractivity contribution is 0.0572. The fourth-order valence-electron chi connectivity index (χ4n) is 3.39. The zero-order chi connectivity index (χ0) is 22.1. The Morgan fingerprint density at radius 2 is 1.39 bits per heavy atom. The number of fused-ring (bicyclic) bond motifs is 1. The lowest BCUT2D eigenvalue weighted by atomic mass is 9.86. The molecule has 0 bridgehead atoms. The van der Waals surface area contributed by atoms with Crippen LogP contribution >= 0.6 is 0 Å². The van der Waals surface area contributed by atoms with Crippen molar-refractivity contribution in [2.24, 2.45) is 0 Å². The van der Waals surface area contributed by atoms with Crippen LogP contribution in [0.5, 0.6) is 17.2 Å². The smallest absolute Gasteiger partial charge is 0.161 e. The third kappa shape index (κ3) is 7.42. The highest BCUT2D eigenvalue weighted by Gasteiger charge is 2.17. The Morgan fingerprint density at radius 3 is 1.94 bits per heavy atom. The number of para-hydroxylation sites is 2. The fraction of sp³-hybridized carbons (Fsp3) is 0.520. The van der Waals surface area contributed by atoms with Crippen LogP contribution in [0.15, 0.2) is 42.5 Å². The van der Waals surface area contributed by atoms with Crippen LogP contribution in [0.3, 0.4) is 0 Å². The first-order valence-electron chi connectivity index (χ1n) is 11.0. The number of nitrogens with zero attached hydrogens (tertiary/aromatic N) is 1. The van der Waals surface area contributed by atoms with Crippen LogP contribution < -0.4 is 9.47 Å². The van der Waals surface area contributed by atoms with Gasteiger partial charge in [-0.25, -0.2) is 0 Å². The van der Waals surface area contributed by atoms with Crippen molar-refractivity contribution < 1.29 is 24.1 Å². The van der Waals surface area contributed by atoms with Gasteiger partial charge in [0.1, 0.15) is 19.0 Å². The van der Waals surface area contributed by atoms with E-state index in [1.165, 1.54) is 5.56 Å². The summed E-state index contributed by atoms with van der Waals surface area (Å²) in [5.74, 6) is 1.76. The molecule has 1 aliphatic heterocycles. The van der Waals surface area contributed by atoms with Gasteiger partial charge in [-0.15, -0.1) is 0 Å². The van der Waals surface area contributed by atoms with Gasteiger partial charge in [0.15, 0.2) is 11.5 Å². The third-order valence-electron chi connectivity index (χ3n) is 5.26. The summed E-state index contributed by atoms with van der Waals surface area (Å²) in [6.45, 7) is 11.8. The van der Waals surface area contributed by atoms with E-state index in [4.69, 9.17) is 18.9 Å². The van der Waals surface area contributed by atoms with E-state index in [2.05, 4.69) is 31.7 Å². The summed E-state index contributed by atoms with van der Waals surface area (Å²) in [6, 6.07) is 13.5. The Morgan fingerprint density at radius 1 is 0.806 bits per heavy atom. The molecule has 3 rings (SSSR count). The molecule has 1 aliphatic rings. The maximum Gasteiger partial charge on any atom is 0.161 e. The van der Waals surface area contributed by atoms with Gasteiger partial charge in [0.25, 0.3) is 0 Å².